The highest BCUT2D eigenvalue weighted by Crippen LogP contribution is 2.32. The number of carbonyl (C=O) groups is 1. The van der Waals surface area contributed by atoms with Gasteiger partial charge in [0.15, 0.2) is 5.78 Å². The molecule has 1 aliphatic rings. The van der Waals surface area contributed by atoms with E-state index in [0.717, 1.165) is 0 Å². The molecule has 2 rings (SSSR count). The van der Waals surface area contributed by atoms with Crippen LogP contribution in [0.5, 0.6) is 11.5 Å². The number of nitrogens with zero attached hydrogens (tertiary/aromatic N) is 1. The number of ether oxygens (including phenoxy) is 1. The van der Waals surface area contributed by atoms with Gasteiger partial charge in [0.05, 0.1) is 18.4 Å². The Balaban J connectivity index is 2.10. The van der Waals surface area contributed by atoms with Crippen LogP contribution in [0.2, 0.25) is 25.7 Å². The van der Waals surface area contributed by atoms with Gasteiger partial charge in [-0.2, -0.15) is 4.31 Å². The second kappa shape index (κ2) is 6.25. The monoisotopic (exact) mass is 357 g/mol. The van der Waals surface area contributed by atoms with Crippen LogP contribution >= 0.6 is 0 Å². The van der Waals surface area contributed by atoms with Crippen molar-refractivity contribution in [3.63, 3.8) is 0 Å². The van der Waals surface area contributed by atoms with E-state index in [2.05, 4.69) is 19.6 Å². The molecule has 8 heteroatoms. The molecule has 1 aliphatic heterocycles. The standard InChI is InChI=1S/C15H23NO5SSi/c1-21-11-5-6-14(17)12(9-11)15(18)13-10-16(13)22(19,20)7-8-23(2,3)4/h5-6,9,13,17H,7-8,10H2,1-4H3/t13-,16?/m1/s1. The third-order valence-corrected chi connectivity index (χ3v) is 7.76. The molecule has 2 atom stereocenters. The number of rotatable bonds is 7. The van der Waals surface area contributed by atoms with Gasteiger partial charge in [-0.3, -0.25) is 4.79 Å². The lowest BCUT2D eigenvalue weighted by Crippen LogP contribution is -2.28. The molecule has 1 fully saturated rings. The van der Waals surface area contributed by atoms with Crippen molar-refractivity contribution >= 4 is 23.9 Å². The summed E-state index contributed by atoms with van der Waals surface area (Å²) in [6.45, 7) is 6.52. The number of benzene rings is 1. The van der Waals surface area contributed by atoms with Gasteiger partial charge in [-0.25, -0.2) is 8.42 Å². The van der Waals surface area contributed by atoms with E-state index in [0.29, 0.717) is 11.8 Å². The molecule has 23 heavy (non-hydrogen) atoms. The second-order valence-corrected chi connectivity index (χ2v) is 14.6. The first-order valence-electron chi connectivity index (χ1n) is 7.46. The van der Waals surface area contributed by atoms with Crippen molar-refractivity contribution in [2.75, 3.05) is 19.4 Å². The van der Waals surface area contributed by atoms with Gasteiger partial charge in [0.2, 0.25) is 10.0 Å². The minimum Gasteiger partial charge on any atom is -0.507 e. The number of carbonyl (C=O) groups excluding carboxylic acids is 1. The Morgan fingerprint density at radius 2 is 2.04 bits per heavy atom. The van der Waals surface area contributed by atoms with Gasteiger partial charge in [0.25, 0.3) is 0 Å². The molecule has 0 aromatic heterocycles. The first kappa shape index (κ1) is 18.0. The predicted octanol–water partition coefficient (Wildman–Crippen LogP) is 1.94. The highest BCUT2D eigenvalue weighted by atomic mass is 32.2. The van der Waals surface area contributed by atoms with E-state index >= 15 is 0 Å². The largest absolute Gasteiger partial charge is 0.507 e. The van der Waals surface area contributed by atoms with E-state index in [1.165, 1.54) is 23.5 Å². The molecular formula is C15H23NO5SSi. The predicted molar refractivity (Wildman–Crippen MR) is 91.4 cm³/mol. The van der Waals surface area contributed by atoms with Crippen molar-refractivity contribution in [3.05, 3.63) is 23.8 Å². The summed E-state index contributed by atoms with van der Waals surface area (Å²) in [7, 11) is -3.42. The van der Waals surface area contributed by atoms with Crippen molar-refractivity contribution in [2.24, 2.45) is 0 Å². The van der Waals surface area contributed by atoms with Crippen molar-refractivity contribution in [1.82, 2.24) is 4.31 Å². The number of aromatic hydroxyl groups is 1. The SMILES string of the molecule is COc1ccc(O)c(C(=O)[C@H]2CN2S(=O)(=O)CC[Si](C)(C)C)c1. The average molecular weight is 358 g/mol. The number of ketones is 1. The molecule has 1 aromatic rings. The number of sulfonamides is 1. The Bertz CT molecular complexity index is 711. The van der Waals surface area contributed by atoms with E-state index in [4.69, 9.17) is 4.74 Å². The fourth-order valence-electron chi connectivity index (χ4n) is 2.22. The average Bonchev–Trinajstić information content (AvgIpc) is 3.26. The number of Topliss-reactive ketones (excluding diaryl/α,β-unsaturated/α-hetero) is 1. The number of methoxy groups -OCH3 is 1. The Kier molecular flexibility index (Phi) is 4.88. The van der Waals surface area contributed by atoms with Gasteiger partial charge in [-0.1, -0.05) is 19.6 Å². The van der Waals surface area contributed by atoms with Gasteiger partial charge in [-0.05, 0) is 24.2 Å². The number of phenols is 1. The number of hydrogen-bond donors (Lipinski definition) is 1. The highest BCUT2D eigenvalue weighted by molar-refractivity contribution is 7.89. The highest BCUT2D eigenvalue weighted by Gasteiger charge is 2.49. The smallest absolute Gasteiger partial charge is 0.214 e. The molecule has 1 N–H and O–H groups in total. The molecule has 1 heterocycles. The molecule has 0 spiro atoms. The maximum absolute atomic E-state index is 12.4. The second-order valence-electron chi connectivity index (χ2n) is 6.96. The summed E-state index contributed by atoms with van der Waals surface area (Å²) < 4.78 is 30.9. The van der Waals surface area contributed by atoms with E-state index in [1.807, 2.05) is 0 Å². The molecule has 6 nitrogen and oxygen atoms in total. The fourth-order valence-corrected chi connectivity index (χ4v) is 6.78. The lowest BCUT2D eigenvalue weighted by molar-refractivity contribution is 0.0980. The maximum atomic E-state index is 12.4. The molecule has 128 valence electrons. The summed E-state index contributed by atoms with van der Waals surface area (Å²) in [5.74, 6) is -0.0311. The summed E-state index contributed by atoms with van der Waals surface area (Å²) in [5.41, 5.74) is 0.0947. The molecule has 1 aromatic carbocycles. The van der Waals surface area contributed by atoms with Crippen LogP contribution in [-0.2, 0) is 10.0 Å². The Morgan fingerprint density at radius 3 is 2.61 bits per heavy atom. The molecule has 1 unspecified atom stereocenters. The zero-order valence-corrected chi connectivity index (χ0v) is 15.7. The Hall–Kier alpha value is -1.38. The zero-order chi connectivity index (χ0) is 17.4. The number of phenolic OH excluding ortho intramolecular Hbond substituents is 1. The van der Waals surface area contributed by atoms with Crippen LogP contribution in [0.1, 0.15) is 10.4 Å². The van der Waals surface area contributed by atoms with Gasteiger partial charge in [-0.15, -0.1) is 0 Å². The van der Waals surface area contributed by atoms with E-state index in [1.54, 1.807) is 6.07 Å². The molecule has 0 saturated carbocycles. The first-order valence-corrected chi connectivity index (χ1v) is 12.8. The summed E-state index contributed by atoms with van der Waals surface area (Å²) in [5, 5.41) is 9.84. The van der Waals surface area contributed by atoms with Crippen molar-refractivity contribution in [3.8, 4) is 11.5 Å². The van der Waals surface area contributed by atoms with Crippen molar-refractivity contribution in [1.29, 1.82) is 0 Å². The molecule has 1 saturated heterocycles. The third-order valence-electron chi connectivity index (χ3n) is 3.81. The molecule has 0 aliphatic carbocycles. The van der Waals surface area contributed by atoms with Crippen LogP contribution in [0.15, 0.2) is 18.2 Å². The van der Waals surface area contributed by atoms with Crippen LogP contribution in [0, 0.1) is 0 Å². The molecule has 0 radical (unpaired) electrons. The van der Waals surface area contributed by atoms with Gasteiger partial charge >= 0.3 is 0 Å². The molecule has 0 amide bonds. The van der Waals surface area contributed by atoms with E-state index in [-0.39, 0.29) is 23.6 Å². The quantitative estimate of drug-likeness (QED) is 0.458. The fraction of sp³-hybridized carbons (Fsp3) is 0.533. The van der Waals surface area contributed by atoms with Gasteiger partial charge < -0.3 is 9.84 Å². The van der Waals surface area contributed by atoms with Crippen molar-refractivity contribution in [2.45, 2.75) is 31.7 Å². The summed E-state index contributed by atoms with van der Waals surface area (Å²) in [4.78, 5) is 12.4. The first-order chi connectivity index (χ1) is 10.5. The minimum atomic E-state index is -3.42. The zero-order valence-electron chi connectivity index (χ0n) is 13.9. The van der Waals surface area contributed by atoms with Crippen LogP contribution in [0.25, 0.3) is 0 Å². The Labute approximate surface area is 138 Å². The maximum Gasteiger partial charge on any atom is 0.214 e. The topological polar surface area (TPSA) is 83.7 Å². The summed E-state index contributed by atoms with van der Waals surface area (Å²) in [6, 6.07) is 4.31. The summed E-state index contributed by atoms with van der Waals surface area (Å²) in [6.07, 6.45) is 0. The summed E-state index contributed by atoms with van der Waals surface area (Å²) >= 11 is 0. The van der Waals surface area contributed by atoms with E-state index < -0.39 is 29.9 Å². The van der Waals surface area contributed by atoms with Crippen molar-refractivity contribution < 1.29 is 23.1 Å². The minimum absolute atomic E-state index is 0.0800. The lowest BCUT2D eigenvalue weighted by Gasteiger charge is -2.15. The van der Waals surface area contributed by atoms with E-state index in [9.17, 15) is 18.3 Å². The van der Waals surface area contributed by atoms with Crippen LogP contribution in [0.3, 0.4) is 0 Å². The third kappa shape index (κ3) is 4.33. The van der Waals surface area contributed by atoms with Crippen LogP contribution in [-0.4, -0.2) is 57.1 Å². The van der Waals surface area contributed by atoms with Gasteiger partial charge in [0.1, 0.15) is 17.5 Å². The number of hydrogen-bond acceptors (Lipinski definition) is 5. The van der Waals surface area contributed by atoms with Gasteiger partial charge in [0, 0.05) is 14.6 Å². The molecular weight excluding hydrogens is 334 g/mol. The van der Waals surface area contributed by atoms with Crippen LogP contribution < -0.4 is 4.74 Å². The Morgan fingerprint density at radius 1 is 1.39 bits per heavy atom. The lowest BCUT2D eigenvalue weighted by atomic mass is 10.1. The van der Waals surface area contributed by atoms with Crippen LogP contribution in [0.4, 0.5) is 0 Å². The normalized spacial score (nSPS) is 21.0. The molecule has 0 bridgehead atoms.